The lowest BCUT2D eigenvalue weighted by Gasteiger charge is -2.13. The van der Waals surface area contributed by atoms with Gasteiger partial charge in [-0.1, -0.05) is 23.7 Å². The number of para-hydroxylation sites is 2. The minimum Gasteiger partial charge on any atom is -0.354 e. The Labute approximate surface area is 160 Å². The largest absolute Gasteiger partial charge is 0.354 e. The van der Waals surface area contributed by atoms with Crippen molar-refractivity contribution in [2.75, 3.05) is 5.32 Å². The summed E-state index contributed by atoms with van der Waals surface area (Å²) >= 11 is 6.15. The molecule has 0 spiro atoms. The van der Waals surface area contributed by atoms with Crippen molar-refractivity contribution in [1.29, 1.82) is 0 Å². The lowest BCUT2D eigenvalue weighted by Crippen LogP contribution is -1.97. The van der Waals surface area contributed by atoms with Crippen molar-refractivity contribution < 1.29 is 0 Å². The van der Waals surface area contributed by atoms with Crippen LogP contribution in [0.1, 0.15) is 0 Å². The lowest BCUT2D eigenvalue weighted by atomic mass is 10.1. The maximum Gasteiger partial charge on any atom is 0.142 e. The minimum absolute atomic E-state index is 0.654. The van der Waals surface area contributed by atoms with Gasteiger partial charge in [-0.3, -0.25) is 9.97 Å². The number of benzene rings is 2. The van der Waals surface area contributed by atoms with Crippen molar-refractivity contribution in [2.45, 2.75) is 0 Å². The maximum absolute atomic E-state index is 6.15. The number of hydrogen-bond acceptors (Lipinski definition) is 4. The normalized spacial score (nSPS) is 11.1. The quantitative estimate of drug-likeness (QED) is 0.435. The van der Waals surface area contributed by atoms with E-state index in [1.807, 2.05) is 60.8 Å². The van der Waals surface area contributed by atoms with E-state index >= 15 is 0 Å². The van der Waals surface area contributed by atoms with Crippen LogP contribution in [0.2, 0.25) is 5.02 Å². The van der Waals surface area contributed by atoms with Gasteiger partial charge in [0.05, 0.1) is 27.8 Å². The van der Waals surface area contributed by atoms with Gasteiger partial charge in [0.25, 0.3) is 0 Å². The SMILES string of the molecule is Clc1ccc2c(Nc3ccncc3)c(-c3nc4ccccc4[nH]3)cnc2c1. The van der Waals surface area contributed by atoms with Crippen molar-refractivity contribution in [1.82, 2.24) is 19.9 Å². The average Bonchev–Trinajstić information content (AvgIpc) is 3.12. The number of nitrogens with one attached hydrogen (secondary N) is 2. The second-order valence-corrected chi connectivity index (χ2v) is 6.61. The zero-order valence-corrected chi connectivity index (χ0v) is 14.9. The third-order valence-electron chi connectivity index (χ3n) is 4.43. The van der Waals surface area contributed by atoms with Gasteiger partial charge < -0.3 is 10.3 Å². The van der Waals surface area contributed by atoms with Crippen LogP contribution in [-0.4, -0.2) is 19.9 Å². The Morgan fingerprint density at radius 2 is 1.78 bits per heavy atom. The van der Waals surface area contributed by atoms with E-state index in [9.17, 15) is 0 Å². The Hall–Kier alpha value is -3.44. The van der Waals surface area contributed by atoms with Gasteiger partial charge in [0.1, 0.15) is 5.82 Å². The predicted octanol–water partition coefficient (Wildman–Crippen LogP) is 5.57. The van der Waals surface area contributed by atoms with Gasteiger partial charge in [-0.25, -0.2) is 4.98 Å². The zero-order valence-electron chi connectivity index (χ0n) is 14.1. The smallest absolute Gasteiger partial charge is 0.142 e. The monoisotopic (exact) mass is 371 g/mol. The summed E-state index contributed by atoms with van der Waals surface area (Å²) in [4.78, 5) is 16.8. The first-order chi connectivity index (χ1) is 13.3. The van der Waals surface area contributed by atoms with Crippen molar-refractivity contribution in [2.24, 2.45) is 0 Å². The number of H-pyrrole nitrogens is 1. The molecule has 27 heavy (non-hydrogen) atoms. The van der Waals surface area contributed by atoms with Crippen LogP contribution < -0.4 is 5.32 Å². The number of nitrogens with zero attached hydrogens (tertiary/aromatic N) is 3. The Morgan fingerprint density at radius 1 is 0.926 bits per heavy atom. The number of fused-ring (bicyclic) bond motifs is 2. The van der Waals surface area contributed by atoms with E-state index in [2.05, 4.69) is 20.3 Å². The molecular formula is C21H14ClN5. The molecule has 0 fully saturated rings. The number of rotatable bonds is 3. The molecule has 130 valence electrons. The van der Waals surface area contributed by atoms with Gasteiger partial charge in [-0.2, -0.15) is 0 Å². The summed E-state index contributed by atoms with van der Waals surface area (Å²) in [5, 5.41) is 5.12. The molecule has 6 heteroatoms. The Kier molecular flexibility index (Phi) is 3.73. The molecule has 3 heterocycles. The molecule has 2 N–H and O–H groups in total. The summed E-state index contributed by atoms with van der Waals surface area (Å²) in [5.41, 5.74) is 5.46. The summed E-state index contributed by atoms with van der Waals surface area (Å²) in [5.74, 6) is 0.761. The van der Waals surface area contributed by atoms with Crippen LogP contribution in [0.4, 0.5) is 11.4 Å². The third kappa shape index (κ3) is 2.88. The fourth-order valence-corrected chi connectivity index (χ4v) is 3.31. The van der Waals surface area contributed by atoms with E-state index < -0.39 is 0 Å². The summed E-state index contributed by atoms with van der Waals surface area (Å²) < 4.78 is 0. The second kappa shape index (κ2) is 6.37. The molecule has 0 aliphatic rings. The maximum atomic E-state index is 6.15. The molecule has 0 radical (unpaired) electrons. The molecule has 5 rings (SSSR count). The average molecular weight is 372 g/mol. The highest BCUT2D eigenvalue weighted by atomic mass is 35.5. The van der Waals surface area contributed by atoms with Crippen LogP contribution >= 0.6 is 11.6 Å². The highest BCUT2D eigenvalue weighted by Gasteiger charge is 2.15. The topological polar surface area (TPSA) is 66.5 Å². The first kappa shape index (κ1) is 15.8. The molecule has 3 aromatic heterocycles. The van der Waals surface area contributed by atoms with E-state index in [-0.39, 0.29) is 0 Å². The number of anilines is 2. The second-order valence-electron chi connectivity index (χ2n) is 6.17. The molecule has 0 aliphatic heterocycles. The van der Waals surface area contributed by atoms with E-state index in [1.165, 1.54) is 0 Å². The summed E-state index contributed by atoms with van der Waals surface area (Å²) in [6.07, 6.45) is 5.33. The van der Waals surface area contributed by atoms with Crippen molar-refractivity contribution in [3.05, 3.63) is 78.2 Å². The van der Waals surface area contributed by atoms with Crippen LogP contribution in [0.3, 0.4) is 0 Å². The van der Waals surface area contributed by atoms with Crippen molar-refractivity contribution in [3.63, 3.8) is 0 Å². The van der Waals surface area contributed by atoms with Gasteiger partial charge >= 0.3 is 0 Å². The van der Waals surface area contributed by atoms with Gasteiger partial charge in [0.2, 0.25) is 0 Å². The van der Waals surface area contributed by atoms with Crippen molar-refractivity contribution in [3.8, 4) is 11.4 Å². The van der Waals surface area contributed by atoms with Crippen LogP contribution in [0, 0.1) is 0 Å². The lowest BCUT2D eigenvalue weighted by molar-refractivity contribution is 1.30. The van der Waals surface area contributed by atoms with E-state index in [0.29, 0.717) is 5.02 Å². The number of aromatic nitrogens is 4. The molecule has 0 aliphatic carbocycles. The Morgan fingerprint density at radius 3 is 2.63 bits per heavy atom. The number of imidazole rings is 1. The number of aromatic amines is 1. The Bertz CT molecular complexity index is 1230. The molecule has 0 saturated heterocycles. The third-order valence-corrected chi connectivity index (χ3v) is 4.66. The minimum atomic E-state index is 0.654. The highest BCUT2D eigenvalue weighted by molar-refractivity contribution is 6.31. The molecule has 5 nitrogen and oxygen atoms in total. The van der Waals surface area contributed by atoms with E-state index in [4.69, 9.17) is 16.6 Å². The molecule has 0 saturated carbocycles. The van der Waals surface area contributed by atoms with Gasteiger partial charge in [0.15, 0.2) is 0 Å². The predicted molar refractivity (Wildman–Crippen MR) is 109 cm³/mol. The molecule has 0 atom stereocenters. The molecule has 0 bridgehead atoms. The van der Waals surface area contributed by atoms with Crippen LogP contribution in [0.15, 0.2) is 73.2 Å². The fourth-order valence-electron chi connectivity index (χ4n) is 3.14. The number of halogens is 1. The number of pyridine rings is 2. The fraction of sp³-hybridized carbons (Fsp3) is 0. The Balaban J connectivity index is 1.75. The molecule has 0 unspecified atom stereocenters. The summed E-state index contributed by atoms with van der Waals surface area (Å²) in [6.45, 7) is 0. The van der Waals surface area contributed by atoms with Gasteiger partial charge in [0, 0.05) is 34.7 Å². The highest BCUT2D eigenvalue weighted by Crippen LogP contribution is 2.36. The van der Waals surface area contributed by atoms with Crippen molar-refractivity contribution >= 4 is 44.9 Å². The van der Waals surface area contributed by atoms with E-state index in [0.717, 1.165) is 44.7 Å². The first-order valence-corrected chi connectivity index (χ1v) is 8.86. The van der Waals surface area contributed by atoms with Crippen LogP contribution in [-0.2, 0) is 0 Å². The first-order valence-electron chi connectivity index (χ1n) is 8.48. The summed E-state index contributed by atoms with van der Waals surface area (Å²) in [6, 6.07) is 17.5. The number of hydrogen-bond donors (Lipinski definition) is 2. The zero-order chi connectivity index (χ0) is 18.2. The van der Waals surface area contributed by atoms with E-state index in [1.54, 1.807) is 12.4 Å². The molecule has 2 aromatic carbocycles. The standard InChI is InChI=1S/C21H14ClN5/c22-13-5-6-15-19(11-13)24-12-16(20(15)25-14-7-9-23-10-8-14)21-26-17-3-1-2-4-18(17)27-21/h1-12H,(H,26,27)(H,23,24,25). The molecule has 5 aromatic rings. The van der Waals surface area contributed by atoms with Gasteiger partial charge in [-0.05, 0) is 42.5 Å². The van der Waals surface area contributed by atoms with Crippen LogP contribution in [0.25, 0.3) is 33.3 Å². The summed E-state index contributed by atoms with van der Waals surface area (Å²) in [7, 11) is 0. The van der Waals surface area contributed by atoms with Crippen LogP contribution in [0.5, 0.6) is 0 Å². The molecular weight excluding hydrogens is 358 g/mol. The molecule has 0 amide bonds. The van der Waals surface area contributed by atoms with Gasteiger partial charge in [-0.15, -0.1) is 0 Å².